The minimum atomic E-state index is -1.24. The molecule has 5 heteroatoms. The molecule has 1 unspecified atom stereocenters. The number of carboxylic acids is 1. The summed E-state index contributed by atoms with van der Waals surface area (Å²) in [5.41, 5.74) is 0.162. The van der Waals surface area contributed by atoms with Crippen LogP contribution in [0.4, 0.5) is 10.1 Å². The maximum atomic E-state index is 13.5. The summed E-state index contributed by atoms with van der Waals surface area (Å²) in [6.07, 6.45) is 0. The van der Waals surface area contributed by atoms with Crippen molar-refractivity contribution in [3.05, 3.63) is 29.6 Å². The van der Waals surface area contributed by atoms with Crippen molar-refractivity contribution in [2.24, 2.45) is 0 Å². The van der Waals surface area contributed by atoms with Crippen LogP contribution < -0.4 is 4.90 Å². The van der Waals surface area contributed by atoms with E-state index < -0.39 is 11.8 Å². The standard InChI is InChI=1S/C12H14FNO3/c1-8-7-17-6-5-14(8)10-4-2-3-9(13)11(10)12(15)16/h2-4,8H,5-7H2,1H3,(H,15,16). The molecule has 1 heterocycles. The topological polar surface area (TPSA) is 49.8 Å². The van der Waals surface area contributed by atoms with E-state index in [0.29, 0.717) is 25.4 Å². The van der Waals surface area contributed by atoms with Crippen LogP contribution in [0.5, 0.6) is 0 Å². The molecule has 2 rings (SSSR count). The van der Waals surface area contributed by atoms with Crippen LogP contribution in [0.25, 0.3) is 0 Å². The number of carbonyl (C=O) groups is 1. The van der Waals surface area contributed by atoms with Gasteiger partial charge >= 0.3 is 5.97 Å². The Morgan fingerprint density at radius 2 is 2.35 bits per heavy atom. The van der Waals surface area contributed by atoms with Gasteiger partial charge in [-0.15, -0.1) is 0 Å². The zero-order valence-electron chi connectivity index (χ0n) is 9.52. The Labute approximate surface area is 98.6 Å². The molecule has 1 N–H and O–H groups in total. The molecule has 0 saturated carbocycles. The van der Waals surface area contributed by atoms with Crippen LogP contribution in [-0.4, -0.2) is 36.9 Å². The van der Waals surface area contributed by atoms with Crippen molar-refractivity contribution in [1.82, 2.24) is 0 Å². The van der Waals surface area contributed by atoms with Gasteiger partial charge in [-0.05, 0) is 19.1 Å². The van der Waals surface area contributed by atoms with E-state index in [1.807, 2.05) is 11.8 Å². The van der Waals surface area contributed by atoms with Gasteiger partial charge in [0.25, 0.3) is 0 Å². The van der Waals surface area contributed by atoms with Crippen LogP contribution >= 0.6 is 0 Å². The number of hydrogen-bond donors (Lipinski definition) is 1. The third-order valence-corrected chi connectivity index (χ3v) is 2.88. The van der Waals surface area contributed by atoms with Crippen molar-refractivity contribution in [2.75, 3.05) is 24.7 Å². The molecule has 1 aliphatic rings. The predicted octanol–water partition coefficient (Wildman–Crippen LogP) is 1.75. The van der Waals surface area contributed by atoms with Crippen molar-refractivity contribution in [2.45, 2.75) is 13.0 Å². The number of ether oxygens (including phenoxy) is 1. The van der Waals surface area contributed by atoms with Crippen LogP contribution in [0.15, 0.2) is 18.2 Å². The SMILES string of the molecule is CC1COCCN1c1cccc(F)c1C(=O)O. The zero-order valence-corrected chi connectivity index (χ0v) is 9.52. The van der Waals surface area contributed by atoms with Crippen LogP contribution in [0, 0.1) is 5.82 Å². The van der Waals surface area contributed by atoms with E-state index in [-0.39, 0.29) is 11.6 Å². The second-order valence-electron chi connectivity index (χ2n) is 4.06. The van der Waals surface area contributed by atoms with E-state index in [9.17, 15) is 9.18 Å². The number of benzene rings is 1. The molecule has 17 heavy (non-hydrogen) atoms. The fourth-order valence-corrected chi connectivity index (χ4v) is 2.05. The van der Waals surface area contributed by atoms with Crippen molar-refractivity contribution < 1.29 is 19.0 Å². The van der Waals surface area contributed by atoms with Crippen molar-refractivity contribution in [3.63, 3.8) is 0 Å². The lowest BCUT2D eigenvalue weighted by molar-refractivity contribution is 0.0689. The fraction of sp³-hybridized carbons (Fsp3) is 0.417. The molecule has 0 aromatic heterocycles. The molecule has 92 valence electrons. The number of nitrogens with zero attached hydrogens (tertiary/aromatic N) is 1. The first-order valence-electron chi connectivity index (χ1n) is 5.47. The van der Waals surface area contributed by atoms with Gasteiger partial charge in [-0.2, -0.15) is 0 Å². The maximum absolute atomic E-state index is 13.5. The smallest absolute Gasteiger partial charge is 0.340 e. The summed E-state index contributed by atoms with van der Waals surface area (Å²) in [5, 5.41) is 9.07. The van der Waals surface area contributed by atoms with E-state index in [1.54, 1.807) is 6.07 Å². The molecule has 1 aromatic carbocycles. The van der Waals surface area contributed by atoms with Crippen LogP contribution in [0.2, 0.25) is 0 Å². The third kappa shape index (κ3) is 2.24. The summed E-state index contributed by atoms with van der Waals surface area (Å²) in [5.74, 6) is -1.94. The molecule has 1 atom stereocenters. The number of halogens is 1. The Morgan fingerprint density at radius 3 is 3.00 bits per heavy atom. The van der Waals surface area contributed by atoms with Gasteiger partial charge in [-0.1, -0.05) is 6.07 Å². The lowest BCUT2D eigenvalue weighted by Gasteiger charge is -2.36. The highest BCUT2D eigenvalue weighted by Gasteiger charge is 2.25. The molecule has 1 aromatic rings. The van der Waals surface area contributed by atoms with Gasteiger partial charge in [0.15, 0.2) is 0 Å². The molecule has 0 spiro atoms. The van der Waals surface area contributed by atoms with Gasteiger partial charge in [0.1, 0.15) is 11.4 Å². The minimum Gasteiger partial charge on any atom is -0.478 e. The minimum absolute atomic E-state index is 0.0450. The van der Waals surface area contributed by atoms with E-state index in [2.05, 4.69) is 0 Å². The van der Waals surface area contributed by atoms with Gasteiger partial charge in [0.2, 0.25) is 0 Å². The monoisotopic (exact) mass is 239 g/mol. The summed E-state index contributed by atoms with van der Waals surface area (Å²) in [6, 6.07) is 4.37. The molecule has 0 aliphatic carbocycles. The lowest BCUT2D eigenvalue weighted by atomic mass is 10.1. The summed E-state index contributed by atoms with van der Waals surface area (Å²) in [6.45, 7) is 3.55. The zero-order chi connectivity index (χ0) is 12.4. The van der Waals surface area contributed by atoms with Crippen molar-refractivity contribution in [1.29, 1.82) is 0 Å². The number of hydrogen-bond acceptors (Lipinski definition) is 3. The largest absolute Gasteiger partial charge is 0.478 e. The summed E-state index contributed by atoms with van der Waals surface area (Å²) < 4.78 is 18.8. The number of aromatic carboxylic acids is 1. The first kappa shape index (κ1) is 11.9. The number of morpholine rings is 1. The maximum Gasteiger partial charge on any atom is 0.340 e. The molecule has 4 nitrogen and oxygen atoms in total. The Morgan fingerprint density at radius 1 is 1.59 bits per heavy atom. The highest BCUT2D eigenvalue weighted by Crippen LogP contribution is 2.26. The van der Waals surface area contributed by atoms with E-state index >= 15 is 0 Å². The quantitative estimate of drug-likeness (QED) is 0.854. The highest BCUT2D eigenvalue weighted by molar-refractivity contribution is 5.94. The molecular weight excluding hydrogens is 225 g/mol. The molecule has 1 fully saturated rings. The second-order valence-corrected chi connectivity index (χ2v) is 4.06. The van der Waals surface area contributed by atoms with Gasteiger partial charge in [-0.3, -0.25) is 0 Å². The molecule has 1 aliphatic heterocycles. The Balaban J connectivity index is 2.43. The number of anilines is 1. The van der Waals surface area contributed by atoms with Gasteiger partial charge in [-0.25, -0.2) is 9.18 Å². The van der Waals surface area contributed by atoms with Crippen molar-refractivity contribution >= 4 is 11.7 Å². The molecule has 0 amide bonds. The van der Waals surface area contributed by atoms with Crippen LogP contribution in [0.1, 0.15) is 17.3 Å². The highest BCUT2D eigenvalue weighted by atomic mass is 19.1. The summed E-state index contributed by atoms with van der Waals surface area (Å²) >= 11 is 0. The first-order valence-corrected chi connectivity index (χ1v) is 5.47. The van der Waals surface area contributed by atoms with Crippen molar-refractivity contribution in [3.8, 4) is 0 Å². The number of carboxylic acid groups (broad SMARTS) is 1. The Bertz CT molecular complexity index is 436. The van der Waals surface area contributed by atoms with E-state index in [0.717, 1.165) is 6.07 Å². The summed E-state index contributed by atoms with van der Waals surface area (Å²) in [7, 11) is 0. The average molecular weight is 239 g/mol. The van der Waals surface area contributed by atoms with Gasteiger partial charge < -0.3 is 14.7 Å². The van der Waals surface area contributed by atoms with E-state index in [1.165, 1.54) is 6.07 Å². The second kappa shape index (κ2) is 4.71. The number of rotatable bonds is 2. The predicted molar refractivity (Wildman–Crippen MR) is 61.0 cm³/mol. The Kier molecular flexibility index (Phi) is 3.28. The molecular formula is C12H14FNO3. The fourth-order valence-electron chi connectivity index (χ4n) is 2.05. The lowest BCUT2D eigenvalue weighted by Crippen LogP contribution is -2.44. The Hall–Kier alpha value is -1.62. The molecule has 0 bridgehead atoms. The first-order chi connectivity index (χ1) is 8.11. The average Bonchev–Trinajstić information content (AvgIpc) is 2.28. The molecule has 0 radical (unpaired) electrons. The van der Waals surface area contributed by atoms with E-state index in [4.69, 9.17) is 9.84 Å². The van der Waals surface area contributed by atoms with Gasteiger partial charge in [0.05, 0.1) is 18.9 Å². The normalized spacial score (nSPS) is 20.4. The summed E-state index contributed by atoms with van der Waals surface area (Å²) in [4.78, 5) is 13.0. The third-order valence-electron chi connectivity index (χ3n) is 2.88. The van der Waals surface area contributed by atoms with Gasteiger partial charge in [0, 0.05) is 12.6 Å². The van der Waals surface area contributed by atoms with Crippen LogP contribution in [0.3, 0.4) is 0 Å². The van der Waals surface area contributed by atoms with Crippen LogP contribution in [-0.2, 0) is 4.74 Å². The molecule has 1 saturated heterocycles.